The van der Waals surface area contributed by atoms with Crippen LogP contribution >= 0.6 is 0 Å². The highest BCUT2D eigenvalue weighted by Crippen LogP contribution is 2.22. The van der Waals surface area contributed by atoms with Crippen LogP contribution in [0.2, 0.25) is 0 Å². The van der Waals surface area contributed by atoms with E-state index >= 15 is 0 Å². The summed E-state index contributed by atoms with van der Waals surface area (Å²) in [5.41, 5.74) is 7.80. The highest BCUT2D eigenvalue weighted by molar-refractivity contribution is 6.29. The number of rotatable bonds is 14. The highest BCUT2D eigenvalue weighted by Gasteiger charge is 2.41. The maximum atomic E-state index is 13.0. The Morgan fingerprint density at radius 2 is 1.02 bits per heavy atom. The molecule has 2 aliphatic rings. The molecule has 0 bridgehead atoms. The van der Waals surface area contributed by atoms with Gasteiger partial charge in [-0.05, 0) is 50.7 Å². The van der Waals surface area contributed by atoms with E-state index in [1.165, 1.54) is 0 Å². The normalized spacial score (nSPS) is 22.0. The molecule has 2 saturated heterocycles. The van der Waals surface area contributed by atoms with Crippen LogP contribution in [0.25, 0.3) is 0 Å². The van der Waals surface area contributed by atoms with Crippen molar-refractivity contribution >= 4 is 23.9 Å². The van der Waals surface area contributed by atoms with Gasteiger partial charge < -0.3 is 19.1 Å². The summed E-state index contributed by atoms with van der Waals surface area (Å²) in [5.74, 6) is -3.90. The Kier molecular flexibility index (Phi) is 13.9. The van der Waals surface area contributed by atoms with E-state index in [4.69, 9.17) is 28.8 Å². The zero-order valence-electron chi connectivity index (χ0n) is 26.1. The summed E-state index contributed by atoms with van der Waals surface area (Å²) in [5, 5.41) is 2.21. The van der Waals surface area contributed by atoms with Crippen molar-refractivity contribution in [1.82, 2.24) is 21.1 Å². The molecule has 14 heteroatoms. The number of nitrogens with zero attached hydrogens (tertiary/aromatic N) is 2. The Bertz CT molecular complexity index is 1170. The molecule has 46 heavy (non-hydrogen) atoms. The Morgan fingerprint density at radius 1 is 0.630 bits per heavy atom. The number of piperidine rings is 2. The Balaban J connectivity index is 1.35. The molecule has 4 atom stereocenters. The highest BCUT2D eigenvalue weighted by atomic mass is 16.8. The molecule has 0 aromatic heterocycles. The van der Waals surface area contributed by atoms with E-state index in [1.807, 2.05) is 60.7 Å². The molecule has 2 aromatic carbocycles. The zero-order chi connectivity index (χ0) is 32.7. The standard InChI is InChI=1S/C32H42N4O10/c1-3-41-29(37)27-17-15-25(33-43-21-23-11-7-5-8-12-23)19-35(27)45-31(39)32(40)46-36-20-26(16-18-28(36)30(38)42-4-2)34-44-22-24-13-9-6-10-14-24/h5-14,25-28,33-34H,3-4,15-22H2,1-2H3/t25-,26-,27+,28+/m1/s1. The molecule has 0 spiro atoms. The van der Waals surface area contributed by atoms with Gasteiger partial charge in [0.05, 0.1) is 39.5 Å². The largest absolute Gasteiger partial charge is 0.465 e. The molecular weight excluding hydrogens is 600 g/mol. The maximum Gasteiger partial charge on any atom is 0.438 e. The number of benzene rings is 2. The van der Waals surface area contributed by atoms with Crippen LogP contribution in [0.5, 0.6) is 0 Å². The number of carbonyl (C=O) groups excluding carboxylic acids is 4. The predicted octanol–water partition coefficient (Wildman–Crippen LogP) is 2.14. The van der Waals surface area contributed by atoms with Gasteiger partial charge in [0.15, 0.2) is 0 Å². The number of esters is 2. The van der Waals surface area contributed by atoms with Crippen LogP contribution in [-0.4, -0.2) is 84.5 Å². The van der Waals surface area contributed by atoms with Crippen LogP contribution < -0.4 is 11.0 Å². The minimum Gasteiger partial charge on any atom is -0.465 e. The summed E-state index contributed by atoms with van der Waals surface area (Å²) in [4.78, 5) is 73.4. The van der Waals surface area contributed by atoms with Crippen LogP contribution in [-0.2, 0) is 61.2 Å². The molecular formula is C32H42N4O10. The first-order valence-corrected chi connectivity index (χ1v) is 15.5. The summed E-state index contributed by atoms with van der Waals surface area (Å²) in [6, 6.07) is 16.6. The Labute approximate surface area is 268 Å². The molecule has 0 radical (unpaired) electrons. The number of nitrogens with one attached hydrogen (secondary N) is 2. The molecule has 2 N–H and O–H groups in total. The van der Waals surface area contributed by atoms with Crippen LogP contribution in [0.4, 0.5) is 0 Å². The summed E-state index contributed by atoms with van der Waals surface area (Å²) in [7, 11) is 0. The van der Waals surface area contributed by atoms with E-state index in [2.05, 4.69) is 11.0 Å². The van der Waals surface area contributed by atoms with Gasteiger partial charge in [0.2, 0.25) is 0 Å². The second kappa shape index (κ2) is 18.3. The Morgan fingerprint density at radius 3 is 1.39 bits per heavy atom. The smallest absolute Gasteiger partial charge is 0.438 e. The molecule has 250 valence electrons. The molecule has 14 nitrogen and oxygen atoms in total. The van der Waals surface area contributed by atoms with E-state index in [0.717, 1.165) is 21.3 Å². The summed E-state index contributed by atoms with van der Waals surface area (Å²) in [6.45, 7) is 4.29. The number of hydrogen-bond acceptors (Lipinski definition) is 14. The monoisotopic (exact) mass is 642 g/mol. The number of hydrogen-bond donors (Lipinski definition) is 2. The minimum absolute atomic E-state index is 0.0389. The second-order valence-corrected chi connectivity index (χ2v) is 10.8. The van der Waals surface area contributed by atoms with Gasteiger partial charge in [-0.2, -0.15) is 11.0 Å². The first-order chi connectivity index (χ1) is 22.4. The third kappa shape index (κ3) is 10.6. The van der Waals surface area contributed by atoms with E-state index in [1.54, 1.807) is 13.8 Å². The van der Waals surface area contributed by atoms with Crippen molar-refractivity contribution < 1.29 is 48.0 Å². The third-order valence-corrected chi connectivity index (χ3v) is 7.42. The van der Waals surface area contributed by atoms with Gasteiger partial charge in [0, 0.05) is 12.1 Å². The molecule has 0 aliphatic carbocycles. The lowest BCUT2D eigenvalue weighted by atomic mass is 10.0. The average molecular weight is 643 g/mol. The van der Waals surface area contributed by atoms with E-state index < -0.39 is 36.0 Å². The first kappa shape index (κ1) is 34.9. The van der Waals surface area contributed by atoms with Gasteiger partial charge >= 0.3 is 23.9 Å². The average Bonchev–Trinajstić information content (AvgIpc) is 3.06. The fourth-order valence-corrected chi connectivity index (χ4v) is 5.14. The maximum absolute atomic E-state index is 13.0. The molecule has 2 heterocycles. The van der Waals surface area contributed by atoms with Gasteiger partial charge in [-0.1, -0.05) is 60.7 Å². The second-order valence-electron chi connectivity index (χ2n) is 10.8. The van der Waals surface area contributed by atoms with Crippen LogP contribution in [0.15, 0.2) is 60.7 Å². The fourth-order valence-electron chi connectivity index (χ4n) is 5.14. The molecule has 2 aliphatic heterocycles. The van der Waals surface area contributed by atoms with Gasteiger partial charge in [0.25, 0.3) is 0 Å². The minimum atomic E-state index is -1.36. The molecule has 0 saturated carbocycles. The number of ether oxygens (including phenoxy) is 2. The lowest BCUT2D eigenvalue weighted by molar-refractivity contribution is -0.241. The first-order valence-electron chi connectivity index (χ1n) is 15.5. The predicted molar refractivity (Wildman–Crippen MR) is 161 cm³/mol. The van der Waals surface area contributed by atoms with Crippen molar-refractivity contribution in [2.45, 2.75) is 76.9 Å². The zero-order valence-corrected chi connectivity index (χ0v) is 26.1. The number of hydroxylamine groups is 6. The molecule has 4 rings (SSSR count). The number of carbonyl (C=O) groups is 4. The van der Waals surface area contributed by atoms with Crippen molar-refractivity contribution in [1.29, 1.82) is 0 Å². The van der Waals surface area contributed by atoms with Gasteiger partial charge in [-0.25, -0.2) is 9.59 Å². The van der Waals surface area contributed by atoms with Crippen molar-refractivity contribution in [3.63, 3.8) is 0 Å². The van der Waals surface area contributed by atoms with E-state index in [-0.39, 0.29) is 51.2 Å². The van der Waals surface area contributed by atoms with E-state index in [9.17, 15) is 19.2 Å². The summed E-state index contributed by atoms with van der Waals surface area (Å²) < 4.78 is 10.3. The van der Waals surface area contributed by atoms with Gasteiger partial charge in [-0.3, -0.25) is 19.3 Å². The topological polar surface area (TPSA) is 154 Å². The molecule has 2 fully saturated rings. The van der Waals surface area contributed by atoms with Crippen LogP contribution in [0.1, 0.15) is 50.7 Å². The van der Waals surface area contributed by atoms with Crippen molar-refractivity contribution in [3.05, 3.63) is 71.8 Å². The quantitative estimate of drug-likeness (QED) is 0.176. The van der Waals surface area contributed by atoms with Gasteiger partial charge in [-0.15, -0.1) is 10.1 Å². The summed E-state index contributed by atoms with van der Waals surface area (Å²) in [6.07, 6.45) is 1.60. The van der Waals surface area contributed by atoms with Crippen molar-refractivity contribution in [3.8, 4) is 0 Å². The SMILES string of the molecule is CCOC(=O)[C@@H]1CC[C@@H](NOCc2ccccc2)CN1OC(=O)C(=O)ON1C[C@H](NOCc2ccccc2)CC[C@H]1C(=O)OCC. The lowest BCUT2D eigenvalue weighted by Gasteiger charge is -2.37. The van der Waals surface area contributed by atoms with Gasteiger partial charge in [0.1, 0.15) is 12.1 Å². The van der Waals surface area contributed by atoms with E-state index in [0.29, 0.717) is 26.1 Å². The van der Waals surface area contributed by atoms with Crippen LogP contribution in [0.3, 0.4) is 0 Å². The summed E-state index contributed by atoms with van der Waals surface area (Å²) >= 11 is 0. The Hall–Kier alpha value is -3.92. The van der Waals surface area contributed by atoms with Crippen LogP contribution in [0, 0.1) is 0 Å². The molecule has 0 amide bonds. The third-order valence-electron chi connectivity index (χ3n) is 7.42. The molecule has 0 unspecified atom stereocenters. The molecule has 2 aromatic rings. The van der Waals surface area contributed by atoms with Crippen molar-refractivity contribution in [2.75, 3.05) is 26.3 Å². The van der Waals surface area contributed by atoms with Crippen molar-refractivity contribution in [2.24, 2.45) is 0 Å². The lowest BCUT2D eigenvalue weighted by Crippen LogP contribution is -2.56. The fraction of sp³-hybridized carbons (Fsp3) is 0.500.